The normalized spacial score (nSPS) is 11.1. The third kappa shape index (κ3) is 4.30. The molecule has 0 atom stereocenters. The summed E-state index contributed by atoms with van der Waals surface area (Å²) in [5.74, 6) is 1.21. The number of methoxy groups -OCH3 is 2. The number of rotatable bonds is 6. The molecular formula is C27H22BrNO3. The van der Waals surface area contributed by atoms with Crippen LogP contribution in [0, 0.1) is 6.92 Å². The van der Waals surface area contributed by atoms with Gasteiger partial charge in [-0.05, 0) is 55.0 Å². The molecule has 0 fully saturated rings. The van der Waals surface area contributed by atoms with Crippen molar-refractivity contribution in [3.63, 3.8) is 0 Å². The van der Waals surface area contributed by atoms with Crippen molar-refractivity contribution in [2.45, 2.75) is 6.92 Å². The van der Waals surface area contributed by atoms with E-state index in [4.69, 9.17) is 14.5 Å². The van der Waals surface area contributed by atoms with Gasteiger partial charge >= 0.3 is 0 Å². The number of pyridine rings is 1. The molecule has 4 aromatic rings. The number of ether oxygens (including phenoxy) is 2. The van der Waals surface area contributed by atoms with Gasteiger partial charge in [-0.25, -0.2) is 0 Å². The zero-order chi connectivity index (χ0) is 22.7. The number of hydrogen-bond acceptors (Lipinski definition) is 4. The maximum Gasteiger partial charge on any atom is 0.188 e. The summed E-state index contributed by atoms with van der Waals surface area (Å²) in [6.45, 7) is 1.88. The van der Waals surface area contributed by atoms with Gasteiger partial charge in [-0.1, -0.05) is 46.3 Å². The number of hydrogen-bond donors (Lipinski definition) is 0. The molecule has 5 heteroatoms. The topological polar surface area (TPSA) is 48.4 Å². The molecule has 0 amide bonds. The molecule has 0 saturated heterocycles. The van der Waals surface area contributed by atoms with E-state index in [0.29, 0.717) is 22.8 Å². The number of ketones is 1. The average Bonchev–Trinajstić information content (AvgIpc) is 2.82. The van der Waals surface area contributed by atoms with Gasteiger partial charge in [0.1, 0.15) is 11.5 Å². The highest BCUT2D eigenvalue weighted by Gasteiger charge is 2.19. The molecule has 0 aliphatic carbocycles. The summed E-state index contributed by atoms with van der Waals surface area (Å²) < 4.78 is 11.6. The second-order valence-corrected chi connectivity index (χ2v) is 8.20. The van der Waals surface area contributed by atoms with Crippen molar-refractivity contribution in [2.24, 2.45) is 0 Å². The molecule has 1 aromatic heterocycles. The Morgan fingerprint density at radius 1 is 0.969 bits per heavy atom. The maximum absolute atomic E-state index is 13.5. The molecule has 0 radical (unpaired) electrons. The Kier molecular flexibility index (Phi) is 6.37. The summed E-state index contributed by atoms with van der Waals surface area (Å²) in [7, 11) is 3.20. The van der Waals surface area contributed by atoms with Crippen LogP contribution in [0.1, 0.15) is 21.6 Å². The first kappa shape index (κ1) is 21.8. The summed E-state index contributed by atoms with van der Waals surface area (Å²) in [6.07, 6.45) is 3.34. The van der Waals surface area contributed by atoms with Gasteiger partial charge in [-0.15, -0.1) is 0 Å². The Morgan fingerprint density at radius 2 is 1.75 bits per heavy atom. The Labute approximate surface area is 195 Å². The van der Waals surface area contributed by atoms with Gasteiger partial charge in [-0.3, -0.25) is 9.78 Å². The van der Waals surface area contributed by atoms with E-state index in [1.807, 2.05) is 67.6 Å². The van der Waals surface area contributed by atoms with E-state index < -0.39 is 0 Å². The molecule has 32 heavy (non-hydrogen) atoms. The molecule has 4 rings (SSSR count). The standard InChI is InChI=1S/C27H22BrNO3/c1-17-26(24(30)14-10-18-9-12-21(31-2)16-25(18)32-3)27(19-7-5-4-6-8-19)22-15-20(28)11-13-23(22)29-17/h4-16H,1-3H3. The molecule has 3 aromatic carbocycles. The lowest BCUT2D eigenvalue weighted by Crippen LogP contribution is -2.05. The molecule has 0 bridgehead atoms. The largest absolute Gasteiger partial charge is 0.497 e. The molecule has 0 aliphatic heterocycles. The zero-order valence-corrected chi connectivity index (χ0v) is 19.6. The van der Waals surface area contributed by atoms with Crippen LogP contribution in [0.4, 0.5) is 0 Å². The van der Waals surface area contributed by atoms with E-state index in [-0.39, 0.29) is 5.78 Å². The highest BCUT2D eigenvalue weighted by molar-refractivity contribution is 9.10. The fourth-order valence-electron chi connectivity index (χ4n) is 3.77. The van der Waals surface area contributed by atoms with Crippen LogP contribution >= 0.6 is 15.9 Å². The number of halogens is 1. The van der Waals surface area contributed by atoms with Gasteiger partial charge in [0.25, 0.3) is 0 Å². The third-order valence-corrected chi connectivity index (χ3v) is 5.78. The van der Waals surface area contributed by atoms with Gasteiger partial charge in [0.05, 0.1) is 25.3 Å². The molecule has 0 saturated carbocycles. The minimum absolute atomic E-state index is 0.117. The van der Waals surface area contributed by atoms with Crippen molar-refractivity contribution in [1.29, 1.82) is 0 Å². The van der Waals surface area contributed by atoms with Crippen LogP contribution in [0.2, 0.25) is 0 Å². The van der Waals surface area contributed by atoms with Gasteiger partial charge in [0.2, 0.25) is 0 Å². The smallest absolute Gasteiger partial charge is 0.188 e. The van der Waals surface area contributed by atoms with Gasteiger partial charge in [-0.2, -0.15) is 0 Å². The lowest BCUT2D eigenvalue weighted by molar-refractivity contribution is 0.104. The van der Waals surface area contributed by atoms with Crippen LogP contribution in [-0.4, -0.2) is 25.0 Å². The summed E-state index contributed by atoms with van der Waals surface area (Å²) in [6, 6.07) is 21.4. The quantitative estimate of drug-likeness (QED) is 0.219. The molecule has 0 spiro atoms. The molecule has 0 N–H and O–H groups in total. The Hall–Kier alpha value is -3.44. The molecular weight excluding hydrogens is 466 g/mol. The fraction of sp³-hybridized carbons (Fsp3) is 0.111. The molecule has 4 nitrogen and oxygen atoms in total. The average molecular weight is 488 g/mol. The van der Waals surface area contributed by atoms with Crippen LogP contribution in [0.3, 0.4) is 0 Å². The van der Waals surface area contributed by atoms with Crippen molar-refractivity contribution in [2.75, 3.05) is 14.2 Å². The first-order valence-electron chi connectivity index (χ1n) is 10.1. The Bertz CT molecular complexity index is 1330. The van der Waals surface area contributed by atoms with Crippen molar-refractivity contribution < 1.29 is 14.3 Å². The van der Waals surface area contributed by atoms with E-state index in [9.17, 15) is 4.79 Å². The summed E-state index contributed by atoms with van der Waals surface area (Å²) in [4.78, 5) is 18.2. The van der Waals surface area contributed by atoms with Crippen molar-refractivity contribution >= 4 is 38.7 Å². The van der Waals surface area contributed by atoms with Crippen LogP contribution in [-0.2, 0) is 0 Å². The number of benzene rings is 3. The lowest BCUT2D eigenvalue weighted by atomic mass is 9.92. The lowest BCUT2D eigenvalue weighted by Gasteiger charge is -2.14. The Balaban J connectivity index is 1.86. The van der Waals surface area contributed by atoms with Crippen molar-refractivity contribution in [3.05, 3.63) is 94.1 Å². The number of carbonyl (C=O) groups excluding carboxylic acids is 1. The van der Waals surface area contributed by atoms with E-state index in [1.54, 1.807) is 32.4 Å². The molecule has 0 aliphatic rings. The van der Waals surface area contributed by atoms with Gasteiger partial charge in [0, 0.05) is 32.7 Å². The minimum atomic E-state index is -0.117. The van der Waals surface area contributed by atoms with E-state index in [0.717, 1.165) is 32.1 Å². The number of aryl methyl sites for hydroxylation is 1. The summed E-state index contributed by atoms with van der Waals surface area (Å²) >= 11 is 3.56. The number of allylic oxidation sites excluding steroid dienone is 1. The second kappa shape index (κ2) is 9.37. The zero-order valence-electron chi connectivity index (χ0n) is 18.1. The van der Waals surface area contributed by atoms with Crippen LogP contribution in [0.5, 0.6) is 11.5 Å². The summed E-state index contributed by atoms with van der Waals surface area (Å²) in [5, 5.41) is 0.926. The third-order valence-electron chi connectivity index (χ3n) is 5.29. The van der Waals surface area contributed by atoms with E-state index >= 15 is 0 Å². The minimum Gasteiger partial charge on any atom is -0.497 e. The Morgan fingerprint density at radius 3 is 2.47 bits per heavy atom. The molecule has 1 heterocycles. The number of aromatic nitrogens is 1. The van der Waals surface area contributed by atoms with E-state index in [2.05, 4.69) is 15.9 Å². The highest BCUT2D eigenvalue weighted by Crippen LogP contribution is 2.35. The SMILES string of the molecule is COc1ccc(C=CC(=O)c2c(C)nc3ccc(Br)cc3c2-c2ccccc2)c(OC)c1. The maximum atomic E-state index is 13.5. The first-order chi connectivity index (χ1) is 15.5. The van der Waals surface area contributed by atoms with Gasteiger partial charge < -0.3 is 9.47 Å². The van der Waals surface area contributed by atoms with E-state index in [1.165, 1.54) is 0 Å². The molecule has 0 unspecified atom stereocenters. The molecule has 160 valence electrons. The van der Waals surface area contributed by atoms with Crippen molar-refractivity contribution in [3.8, 4) is 22.6 Å². The first-order valence-corrected chi connectivity index (χ1v) is 10.9. The predicted molar refractivity (Wildman–Crippen MR) is 133 cm³/mol. The second-order valence-electron chi connectivity index (χ2n) is 7.28. The fourth-order valence-corrected chi connectivity index (χ4v) is 4.13. The predicted octanol–water partition coefficient (Wildman–Crippen LogP) is 6.89. The van der Waals surface area contributed by atoms with Crippen LogP contribution < -0.4 is 9.47 Å². The number of nitrogens with zero attached hydrogens (tertiary/aromatic N) is 1. The van der Waals surface area contributed by atoms with Crippen molar-refractivity contribution in [1.82, 2.24) is 4.98 Å². The van der Waals surface area contributed by atoms with Crippen LogP contribution in [0.15, 0.2) is 77.3 Å². The number of fused-ring (bicyclic) bond motifs is 1. The van der Waals surface area contributed by atoms with Gasteiger partial charge in [0.15, 0.2) is 5.78 Å². The van der Waals surface area contributed by atoms with Crippen LogP contribution in [0.25, 0.3) is 28.1 Å². The monoisotopic (exact) mass is 487 g/mol. The highest BCUT2D eigenvalue weighted by atomic mass is 79.9. The summed E-state index contributed by atoms with van der Waals surface area (Å²) in [5.41, 5.74) is 4.77. The number of carbonyl (C=O) groups is 1.